The molecule has 0 unspecified atom stereocenters. The minimum Gasteiger partial charge on any atom is -0.268 e. The first-order valence-corrected chi connectivity index (χ1v) is 8.25. The quantitative estimate of drug-likeness (QED) is 0.552. The zero-order chi connectivity index (χ0) is 14.8. The van der Waals surface area contributed by atoms with E-state index in [1.807, 2.05) is 60.7 Å². The van der Waals surface area contributed by atoms with Crippen molar-refractivity contribution in [1.82, 2.24) is 0 Å². The van der Waals surface area contributed by atoms with Crippen LogP contribution in [0.15, 0.2) is 64.0 Å². The lowest BCUT2D eigenvalue weighted by Crippen LogP contribution is -2.27. The third-order valence-corrected chi connectivity index (χ3v) is 4.75. The number of benzene rings is 2. The van der Waals surface area contributed by atoms with Gasteiger partial charge in [-0.25, -0.2) is 0 Å². The lowest BCUT2D eigenvalue weighted by molar-refractivity contribution is -0.113. The highest BCUT2D eigenvalue weighted by Crippen LogP contribution is 2.35. The first-order chi connectivity index (χ1) is 10.1. The standard InChI is InChI=1S/C16H10BrNOS2/c17-12-6-4-5-11(9-12)10-14-15(19)18(16(20)21-14)13-7-2-1-3-8-13/h1-10H/b14-10+. The highest BCUT2D eigenvalue weighted by Gasteiger charge is 2.33. The summed E-state index contributed by atoms with van der Waals surface area (Å²) in [7, 11) is 0. The van der Waals surface area contributed by atoms with Gasteiger partial charge in [0.05, 0.1) is 10.6 Å². The van der Waals surface area contributed by atoms with Crippen molar-refractivity contribution in [3.8, 4) is 0 Å². The third kappa shape index (κ3) is 3.10. The van der Waals surface area contributed by atoms with Crippen molar-refractivity contribution in [1.29, 1.82) is 0 Å². The van der Waals surface area contributed by atoms with E-state index in [1.165, 1.54) is 11.8 Å². The van der Waals surface area contributed by atoms with Gasteiger partial charge < -0.3 is 0 Å². The van der Waals surface area contributed by atoms with Crippen LogP contribution < -0.4 is 4.90 Å². The Morgan fingerprint density at radius 3 is 2.57 bits per heavy atom. The fourth-order valence-electron chi connectivity index (χ4n) is 2.02. The zero-order valence-corrected chi connectivity index (χ0v) is 14.0. The minimum atomic E-state index is -0.0730. The molecule has 5 heteroatoms. The summed E-state index contributed by atoms with van der Waals surface area (Å²) in [5.74, 6) is -0.0730. The molecule has 104 valence electrons. The van der Waals surface area contributed by atoms with Crippen LogP contribution in [-0.4, -0.2) is 10.2 Å². The Morgan fingerprint density at radius 1 is 1.10 bits per heavy atom. The van der Waals surface area contributed by atoms with Crippen molar-refractivity contribution in [3.63, 3.8) is 0 Å². The molecule has 3 rings (SSSR count). The molecule has 0 aliphatic carbocycles. The molecule has 1 fully saturated rings. The van der Waals surface area contributed by atoms with E-state index in [0.717, 1.165) is 15.7 Å². The van der Waals surface area contributed by atoms with Crippen LogP contribution in [0, 0.1) is 0 Å². The van der Waals surface area contributed by atoms with Crippen molar-refractivity contribution >= 4 is 61.9 Å². The number of para-hydroxylation sites is 1. The van der Waals surface area contributed by atoms with E-state index in [0.29, 0.717) is 9.23 Å². The molecule has 1 aliphatic rings. The van der Waals surface area contributed by atoms with Gasteiger partial charge in [0, 0.05) is 4.47 Å². The molecule has 0 aromatic heterocycles. The fraction of sp³-hybridized carbons (Fsp3) is 0. The van der Waals surface area contributed by atoms with Gasteiger partial charge in [-0.2, -0.15) is 0 Å². The maximum atomic E-state index is 12.5. The van der Waals surface area contributed by atoms with Crippen LogP contribution in [-0.2, 0) is 4.79 Å². The molecule has 2 aromatic rings. The molecule has 1 heterocycles. The molecule has 2 nitrogen and oxygen atoms in total. The van der Waals surface area contributed by atoms with Crippen LogP contribution in [0.25, 0.3) is 6.08 Å². The van der Waals surface area contributed by atoms with Gasteiger partial charge in [0.1, 0.15) is 0 Å². The summed E-state index contributed by atoms with van der Waals surface area (Å²) in [6, 6.07) is 17.3. The van der Waals surface area contributed by atoms with E-state index in [-0.39, 0.29) is 5.91 Å². The number of anilines is 1. The van der Waals surface area contributed by atoms with Crippen LogP contribution in [0.2, 0.25) is 0 Å². The Morgan fingerprint density at radius 2 is 1.86 bits per heavy atom. The summed E-state index contributed by atoms with van der Waals surface area (Å²) in [5.41, 5.74) is 1.77. The normalized spacial score (nSPS) is 16.8. The SMILES string of the molecule is O=C1/C(=C\c2cccc(Br)c2)SC(=S)N1c1ccccc1. The van der Waals surface area contributed by atoms with E-state index in [4.69, 9.17) is 12.2 Å². The van der Waals surface area contributed by atoms with Gasteiger partial charge in [-0.05, 0) is 35.9 Å². The van der Waals surface area contributed by atoms with Gasteiger partial charge in [0.15, 0.2) is 4.32 Å². The molecule has 1 amide bonds. The highest BCUT2D eigenvalue weighted by atomic mass is 79.9. The first-order valence-electron chi connectivity index (χ1n) is 6.24. The number of amides is 1. The average Bonchev–Trinajstić information content (AvgIpc) is 2.74. The average molecular weight is 376 g/mol. The lowest BCUT2D eigenvalue weighted by atomic mass is 10.2. The van der Waals surface area contributed by atoms with Crippen molar-refractivity contribution in [3.05, 3.63) is 69.5 Å². The van der Waals surface area contributed by atoms with Gasteiger partial charge in [0.25, 0.3) is 5.91 Å². The number of rotatable bonds is 2. The summed E-state index contributed by atoms with van der Waals surface area (Å²) in [4.78, 5) is 14.8. The van der Waals surface area contributed by atoms with Gasteiger partial charge in [-0.15, -0.1) is 0 Å². The van der Waals surface area contributed by atoms with Gasteiger partial charge >= 0.3 is 0 Å². The van der Waals surface area contributed by atoms with E-state index in [2.05, 4.69) is 15.9 Å². The Labute approximate surface area is 141 Å². The van der Waals surface area contributed by atoms with Gasteiger partial charge in [-0.3, -0.25) is 9.69 Å². The second-order valence-corrected chi connectivity index (χ2v) is 7.00. The molecule has 1 saturated heterocycles. The molecule has 0 atom stereocenters. The Hall–Kier alpha value is -1.43. The molecule has 0 spiro atoms. The van der Waals surface area contributed by atoms with Crippen molar-refractivity contribution < 1.29 is 4.79 Å². The Bertz CT molecular complexity index is 743. The lowest BCUT2D eigenvalue weighted by Gasteiger charge is -2.13. The largest absolute Gasteiger partial charge is 0.270 e. The van der Waals surface area contributed by atoms with E-state index >= 15 is 0 Å². The van der Waals surface area contributed by atoms with E-state index < -0.39 is 0 Å². The van der Waals surface area contributed by atoms with Crippen molar-refractivity contribution in [2.45, 2.75) is 0 Å². The number of hydrogen-bond donors (Lipinski definition) is 0. The second-order valence-electron chi connectivity index (χ2n) is 4.41. The molecule has 21 heavy (non-hydrogen) atoms. The number of carbonyl (C=O) groups excluding carboxylic acids is 1. The Kier molecular flexibility index (Phi) is 4.24. The van der Waals surface area contributed by atoms with Crippen LogP contribution in [0.1, 0.15) is 5.56 Å². The van der Waals surface area contributed by atoms with Crippen LogP contribution in [0.3, 0.4) is 0 Å². The van der Waals surface area contributed by atoms with Crippen LogP contribution in [0.5, 0.6) is 0 Å². The molecule has 0 bridgehead atoms. The predicted molar refractivity (Wildman–Crippen MR) is 96.2 cm³/mol. The smallest absolute Gasteiger partial charge is 0.268 e. The summed E-state index contributed by atoms with van der Waals surface area (Å²) >= 11 is 10.1. The van der Waals surface area contributed by atoms with Crippen molar-refractivity contribution in [2.75, 3.05) is 4.90 Å². The van der Waals surface area contributed by atoms with Crippen LogP contribution >= 0.6 is 39.9 Å². The monoisotopic (exact) mass is 375 g/mol. The summed E-state index contributed by atoms with van der Waals surface area (Å²) in [6.45, 7) is 0. The van der Waals surface area contributed by atoms with E-state index in [1.54, 1.807) is 4.90 Å². The molecule has 0 saturated carbocycles. The molecule has 0 N–H and O–H groups in total. The first kappa shape index (κ1) is 14.5. The molecule has 2 aromatic carbocycles. The number of hydrogen-bond acceptors (Lipinski definition) is 3. The summed E-state index contributed by atoms with van der Waals surface area (Å²) in [6.07, 6.45) is 1.87. The maximum Gasteiger partial charge on any atom is 0.270 e. The minimum absolute atomic E-state index is 0.0730. The molecule has 0 radical (unpaired) electrons. The number of carbonyl (C=O) groups is 1. The number of nitrogens with zero attached hydrogens (tertiary/aromatic N) is 1. The molecular formula is C16H10BrNOS2. The second kappa shape index (κ2) is 6.13. The predicted octanol–water partition coefficient (Wildman–Crippen LogP) is 4.85. The number of halogens is 1. The summed E-state index contributed by atoms with van der Waals surface area (Å²) in [5, 5.41) is 0. The fourth-order valence-corrected chi connectivity index (χ4v) is 3.73. The maximum absolute atomic E-state index is 12.5. The number of thioether (sulfide) groups is 1. The van der Waals surface area contributed by atoms with Crippen molar-refractivity contribution in [2.24, 2.45) is 0 Å². The van der Waals surface area contributed by atoms with Crippen LogP contribution in [0.4, 0.5) is 5.69 Å². The van der Waals surface area contributed by atoms with Gasteiger partial charge in [0.2, 0.25) is 0 Å². The molecular weight excluding hydrogens is 366 g/mol. The third-order valence-electron chi connectivity index (χ3n) is 2.95. The van der Waals surface area contributed by atoms with Gasteiger partial charge in [-0.1, -0.05) is 70.2 Å². The zero-order valence-electron chi connectivity index (χ0n) is 10.8. The number of thiocarbonyl (C=S) groups is 1. The molecule has 1 aliphatic heterocycles. The van der Waals surface area contributed by atoms with E-state index in [9.17, 15) is 4.79 Å². The Balaban J connectivity index is 1.94. The summed E-state index contributed by atoms with van der Waals surface area (Å²) < 4.78 is 1.54. The highest BCUT2D eigenvalue weighted by molar-refractivity contribution is 9.10. The topological polar surface area (TPSA) is 20.3 Å².